The van der Waals surface area contributed by atoms with Crippen LogP contribution >= 0.6 is 0 Å². The molecule has 0 aliphatic carbocycles. The number of hydrazone groups is 1. The topological polar surface area (TPSA) is 97.3 Å². The summed E-state index contributed by atoms with van der Waals surface area (Å²) in [7, 11) is -4.11. The van der Waals surface area contributed by atoms with Crippen molar-refractivity contribution in [3.63, 3.8) is 0 Å². The maximum atomic E-state index is 13.5. The molecule has 10 heteroatoms. The smallest absolute Gasteiger partial charge is 0.264 e. The van der Waals surface area contributed by atoms with E-state index in [2.05, 4.69) is 10.5 Å². The number of ether oxygens (including phenoxy) is 2. The van der Waals surface area contributed by atoms with Gasteiger partial charge in [0.1, 0.15) is 19.0 Å². The van der Waals surface area contributed by atoms with Crippen molar-refractivity contribution in [3.05, 3.63) is 120 Å². The van der Waals surface area contributed by atoms with Gasteiger partial charge in [0, 0.05) is 0 Å². The molecule has 0 aromatic heterocycles. The average molecular weight is 562 g/mol. The first-order valence-electron chi connectivity index (χ1n) is 12.5. The molecule has 8 nitrogen and oxygen atoms in total. The number of carbonyl (C=O) groups is 1. The van der Waals surface area contributed by atoms with Crippen molar-refractivity contribution in [2.24, 2.45) is 5.10 Å². The monoisotopic (exact) mass is 561 g/mol. The number of halogens is 1. The van der Waals surface area contributed by atoms with Crippen LogP contribution in [0.3, 0.4) is 0 Å². The first-order chi connectivity index (χ1) is 19.4. The van der Waals surface area contributed by atoms with Gasteiger partial charge in [-0.2, -0.15) is 5.10 Å². The highest BCUT2D eigenvalue weighted by atomic mass is 32.2. The highest BCUT2D eigenvalue weighted by Gasteiger charge is 2.27. The minimum atomic E-state index is -4.11. The lowest BCUT2D eigenvalue weighted by atomic mass is 10.2. The van der Waals surface area contributed by atoms with E-state index >= 15 is 0 Å². The van der Waals surface area contributed by atoms with Gasteiger partial charge in [-0.25, -0.2) is 18.2 Å². The first-order valence-corrected chi connectivity index (χ1v) is 13.9. The molecule has 40 heavy (non-hydrogen) atoms. The summed E-state index contributed by atoms with van der Waals surface area (Å²) in [6, 6.07) is 27.5. The lowest BCUT2D eigenvalue weighted by molar-refractivity contribution is -0.119. The molecule has 0 fully saturated rings. The molecule has 1 amide bonds. The summed E-state index contributed by atoms with van der Waals surface area (Å²) in [6.45, 7) is 2.09. The number of amides is 1. The van der Waals surface area contributed by atoms with E-state index in [1.807, 2.05) is 37.3 Å². The maximum Gasteiger partial charge on any atom is 0.264 e. The highest BCUT2D eigenvalue weighted by Crippen LogP contribution is 2.29. The van der Waals surface area contributed by atoms with Gasteiger partial charge >= 0.3 is 0 Å². The standard InChI is InChI=1S/C30H28FN3O5S/c1-2-38-29-19-24(13-18-28(29)39-22-23-9-5-3-6-10-23)20-32-33-30(35)21-34(26-16-14-25(31)15-17-26)40(36,37)27-11-7-4-8-12-27/h3-20H,2,21-22H2,1H3,(H,33,35)/b32-20+. The number of benzene rings is 4. The third-order valence-corrected chi connectivity index (χ3v) is 7.43. The zero-order chi connectivity index (χ0) is 28.4. The van der Waals surface area contributed by atoms with Gasteiger partial charge in [0.2, 0.25) is 0 Å². The molecule has 0 bridgehead atoms. The molecule has 206 valence electrons. The van der Waals surface area contributed by atoms with E-state index in [9.17, 15) is 17.6 Å². The van der Waals surface area contributed by atoms with Gasteiger partial charge in [-0.05, 0) is 72.6 Å². The van der Waals surface area contributed by atoms with Gasteiger partial charge in [0.25, 0.3) is 15.9 Å². The summed E-state index contributed by atoms with van der Waals surface area (Å²) in [6.07, 6.45) is 1.41. The van der Waals surface area contributed by atoms with Crippen LogP contribution in [0, 0.1) is 5.82 Å². The Hall–Kier alpha value is -4.70. The Morgan fingerprint density at radius 3 is 2.25 bits per heavy atom. The van der Waals surface area contributed by atoms with Crippen LogP contribution in [0.15, 0.2) is 113 Å². The Morgan fingerprint density at radius 2 is 1.57 bits per heavy atom. The second-order valence-electron chi connectivity index (χ2n) is 8.51. The molecule has 0 aliphatic heterocycles. The molecule has 0 atom stereocenters. The summed E-state index contributed by atoms with van der Waals surface area (Å²) in [5, 5.41) is 3.98. The van der Waals surface area contributed by atoms with Crippen LogP contribution in [0.25, 0.3) is 0 Å². The van der Waals surface area contributed by atoms with Crippen LogP contribution in [0.1, 0.15) is 18.1 Å². The Morgan fingerprint density at radius 1 is 0.900 bits per heavy atom. The Labute approximate surface area is 232 Å². The molecule has 0 saturated heterocycles. The predicted octanol–water partition coefficient (Wildman–Crippen LogP) is 5.15. The van der Waals surface area contributed by atoms with Crippen LogP contribution in [0.2, 0.25) is 0 Å². The Bertz CT molecular complexity index is 1550. The first kappa shape index (κ1) is 28.3. The van der Waals surface area contributed by atoms with Crippen molar-refractivity contribution in [1.29, 1.82) is 0 Å². The minimum Gasteiger partial charge on any atom is -0.490 e. The number of carbonyl (C=O) groups excluding carboxylic acids is 1. The van der Waals surface area contributed by atoms with Gasteiger partial charge < -0.3 is 9.47 Å². The normalized spacial score (nSPS) is 11.2. The molecule has 1 N–H and O–H groups in total. The number of nitrogens with one attached hydrogen (secondary N) is 1. The third-order valence-electron chi connectivity index (χ3n) is 5.64. The Balaban J connectivity index is 1.46. The van der Waals surface area contributed by atoms with Gasteiger partial charge in [-0.15, -0.1) is 0 Å². The summed E-state index contributed by atoms with van der Waals surface area (Å²) >= 11 is 0. The average Bonchev–Trinajstić information content (AvgIpc) is 2.97. The van der Waals surface area contributed by atoms with Crippen LogP contribution in [-0.2, 0) is 21.4 Å². The highest BCUT2D eigenvalue weighted by molar-refractivity contribution is 7.92. The van der Waals surface area contributed by atoms with E-state index in [-0.39, 0.29) is 10.6 Å². The SMILES string of the molecule is CCOc1cc(/C=N/NC(=O)CN(c2ccc(F)cc2)S(=O)(=O)c2ccccc2)ccc1OCc1ccccc1. The van der Waals surface area contributed by atoms with E-state index < -0.39 is 28.3 Å². The molecule has 4 aromatic rings. The summed E-state index contributed by atoms with van der Waals surface area (Å²) in [5.74, 6) is -0.135. The number of nitrogens with zero attached hydrogens (tertiary/aromatic N) is 2. The molecule has 0 radical (unpaired) electrons. The second-order valence-corrected chi connectivity index (χ2v) is 10.4. The van der Waals surface area contributed by atoms with Crippen LogP contribution in [-0.4, -0.2) is 33.7 Å². The van der Waals surface area contributed by atoms with E-state index in [0.29, 0.717) is 30.3 Å². The number of hydrogen-bond donors (Lipinski definition) is 1. The van der Waals surface area contributed by atoms with E-state index in [1.54, 1.807) is 36.4 Å². The lowest BCUT2D eigenvalue weighted by Crippen LogP contribution is -2.39. The number of anilines is 1. The molecule has 0 unspecified atom stereocenters. The largest absolute Gasteiger partial charge is 0.490 e. The van der Waals surface area contributed by atoms with Crippen molar-refractivity contribution in [2.75, 3.05) is 17.5 Å². The maximum absolute atomic E-state index is 13.5. The van der Waals surface area contributed by atoms with E-state index in [4.69, 9.17) is 9.47 Å². The predicted molar refractivity (Wildman–Crippen MR) is 151 cm³/mol. The summed E-state index contributed by atoms with van der Waals surface area (Å²) in [5.41, 5.74) is 4.14. The van der Waals surface area contributed by atoms with Crippen molar-refractivity contribution >= 4 is 27.8 Å². The fraction of sp³-hybridized carbons (Fsp3) is 0.133. The fourth-order valence-corrected chi connectivity index (χ4v) is 5.16. The second kappa shape index (κ2) is 13.4. The summed E-state index contributed by atoms with van der Waals surface area (Å²) < 4.78 is 52.6. The van der Waals surface area contributed by atoms with E-state index in [1.165, 1.54) is 30.5 Å². The van der Waals surface area contributed by atoms with Crippen molar-refractivity contribution in [2.45, 2.75) is 18.4 Å². The summed E-state index contributed by atoms with van der Waals surface area (Å²) in [4.78, 5) is 12.7. The van der Waals surface area contributed by atoms with Crippen molar-refractivity contribution in [3.8, 4) is 11.5 Å². The molecule has 0 heterocycles. The van der Waals surface area contributed by atoms with Gasteiger partial charge in [0.05, 0.1) is 23.4 Å². The molecule has 0 spiro atoms. The number of hydrogen-bond acceptors (Lipinski definition) is 6. The Kier molecular flexibility index (Phi) is 9.48. The zero-order valence-corrected chi connectivity index (χ0v) is 22.6. The minimum absolute atomic E-state index is 0.00588. The molecule has 4 aromatic carbocycles. The van der Waals surface area contributed by atoms with Crippen LogP contribution in [0.5, 0.6) is 11.5 Å². The molecule has 4 rings (SSSR count). The quantitative estimate of drug-likeness (QED) is 0.191. The van der Waals surface area contributed by atoms with E-state index in [0.717, 1.165) is 22.0 Å². The van der Waals surface area contributed by atoms with Crippen molar-refractivity contribution < 1.29 is 27.1 Å². The number of sulfonamides is 1. The lowest BCUT2D eigenvalue weighted by Gasteiger charge is -2.23. The van der Waals surface area contributed by atoms with Gasteiger partial charge in [-0.1, -0.05) is 48.5 Å². The molecular weight excluding hydrogens is 533 g/mol. The number of rotatable bonds is 12. The molecular formula is C30H28FN3O5S. The fourth-order valence-electron chi connectivity index (χ4n) is 3.71. The zero-order valence-electron chi connectivity index (χ0n) is 21.7. The van der Waals surface area contributed by atoms with Crippen LogP contribution < -0.4 is 19.2 Å². The third kappa shape index (κ3) is 7.45. The van der Waals surface area contributed by atoms with Crippen LogP contribution in [0.4, 0.5) is 10.1 Å². The molecule has 0 aliphatic rings. The van der Waals surface area contributed by atoms with Gasteiger partial charge in [0.15, 0.2) is 11.5 Å². The molecule has 0 saturated carbocycles. The van der Waals surface area contributed by atoms with Crippen molar-refractivity contribution in [1.82, 2.24) is 5.43 Å². The van der Waals surface area contributed by atoms with Gasteiger partial charge in [-0.3, -0.25) is 9.10 Å².